The minimum atomic E-state index is -3.80. The molecule has 4 nitrogen and oxygen atoms in total. The molecule has 0 aliphatic rings. The number of nitrogen functional groups attached to an aromatic ring is 1. The first-order chi connectivity index (χ1) is 9.81. The van der Waals surface area contributed by atoms with Crippen molar-refractivity contribution in [3.8, 4) is 0 Å². The average Bonchev–Trinajstić information content (AvgIpc) is 2.43. The highest BCUT2D eigenvalue weighted by Crippen LogP contribution is 2.33. The molecular weight excluding hydrogens is 355 g/mol. The van der Waals surface area contributed by atoms with Crippen LogP contribution in [0.3, 0.4) is 0 Å². The van der Waals surface area contributed by atoms with E-state index in [2.05, 4.69) is 4.72 Å². The van der Waals surface area contributed by atoms with Crippen molar-refractivity contribution < 1.29 is 8.42 Å². The summed E-state index contributed by atoms with van der Waals surface area (Å²) in [6.45, 7) is 0.0851. The molecule has 0 aliphatic heterocycles. The number of anilines is 1. The topological polar surface area (TPSA) is 72.2 Å². The van der Waals surface area contributed by atoms with Gasteiger partial charge in [-0.3, -0.25) is 0 Å². The van der Waals surface area contributed by atoms with E-state index in [9.17, 15) is 8.42 Å². The maximum absolute atomic E-state index is 12.2. The van der Waals surface area contributed by atoms with Crippen LogP contribution in [0.1, 0.15) is 5.56 Å². The van der Waals surface area contributed by atoms with Crippen LogP contribution in [0.25, 0.3) is 0 Å². The molecule has 0 unspecified atom stereocenters. The summed E-state index contributed by atoms with van der Waals surface area (Å²) >= 11 is 17.6. The molecule has 112 valence electrons. The van der Waals surface area contributed by atoms with Crippen LogP contribution in [0.2, 0.25) is 15.1 Å². The van der Waals surface area contributed by atoms with Gasteiger partial charge in [0.15, 0.2) is 0 Å². The van der Waals surface area contributed by atoms with Gasteiger partial charge < -0.3 is 5.73 Å². The van der Waals surface area contributed by atoms with Gasteiger partial charge in [-0.15, -0.1) is 0 Å². The molecule has 2 rings (SSSR count). The standard InChI is InChI=1S/C13H11Cl3N2O2S/c14-9-3-1-2-8(6-9)7-18-21(19,20)11-5-4-10(15)13(17)12(11)16/h1-6,18H,7,17H2. The van der Waals surface area contributed by atoms with Gasteiger partial charge in [0, 0.05) is 11.6 Å². The Morgan fingerprint density at radius 2 is 1.81 bits per heavy atom. The molecule has 0 amide bonds. The molecule has 0 saturated heterocycles. The van der Waals surface area contributed by atoms with Crippen LogP contribution in [0.5, 0.6) is 0 Å². The quantitative estimate of drug-likeness (QED) is 0.811. The maximum atomic E-state index is 12.2. The fourth-order valence-corrected chi connectivity index (χ4v) is 3.65. The molecule has 0 bridgehead atoms. The van der Waals surface area contributed by atoms with E-state index in [0.29, 0.717) is 5.02 Å². The Hall–Kier alpha value is -0.980. The Labute approximate surface area is 137 Å². The Morgan fingerprint density at radius 1 is 1.10 bits per heavy atom. The first kappa shape index (κ1) is 16.4. The highest BCUT2D eigenvalue weighted by Gasteiger charge is 2.20. The number of benzene rings is 2. The molecule has 2 aromatic rings. The number of nitrogens with two attached hydrogens (primary N) is 1. The van der Waals surface area contributed by atoms with Crippen molar-refractivity contribution in [1.82, 2.24) is 4.72 Å². The fourth-order valence-electron chi connectivity index (χ4n) is 1.66. The third-order valence-electron chi connectivity index (χ3n) is 2.74. The van der Waals surface area contributed by atoms with Crippen LogP contribution in [0.15, 0.2) is 41.3 Å². The number of sulfonamides is 1. The first-order valence-corrected chi connectivity index (χ1v) is 8.40. The molecule has 0 aromatic heterocycles. The van der Waals surface area contributed by atoms with Crippen molar-refractivity contribution >= 4 is 50.5 Å². The lowest BCUT2D eigenvalue weighted by atomic mass is 10.2. The number of hydrogen-bond donors (Lipinski definition) is 2. The van der Waals surface area contributed by atoms with Gasteiger partial charge in [0.25, 0.3) is 0 Å². The van der Waals surface area contributed by atoms with E-state index < -0.39 is 10.0 Å². The van der Waals surface area contributed by atoms with Gasteiger partial charge in [0.1, 0.15) is 4.90 Å². The largest absolute Gasteiger partial charge is 0.396 e. The Balaban J connectivity index is 2.25. The van der Waals surface area contributed by atoms with E-state index in [-0.39, 0.29) is 27.2 Å². The summed E-state index contributed by atoms with van der Waals surface area (Å²) in [6.07, 6.45) is 0. The predicted octanol–water partition coefficient (Wildman–Crippen LogP) is 3.71. The molecule has 8 heteroatoms. The maximum Gasteiger partial charge on any atom is 0.242 e. The van der Waals surface area contributed by atoms with Crippen LogP contribution in [0.4, 0.5) is 5.69 Å². The van der Waals surface area contributed by atoms with Gasteiger partial charge in [0.2, 0.25) is 10.0 Å². The van der Waals surface area contributed by atoms with E-state index in [1.165, 1.54) is 12.1 Å². The average molecular weight is 366 g/mol. The highest BCUT2D eigenvalue weighted by atomic mass is 35.5. The van der Waals surface area contributed by atoms with E-state index in [0.717, 1.165) is 5.56 Å². The summed E-state index contributed by atoms with van der Waals surface area (Å²) in [5, 5.41) is 0.635. The van der Waals surface area contributed by atoms with Crippen LogP contribution < -0.4 is 10.5 Å². The minimum absolute atomic E-state index is 0.0314. The number of nitrogens with one attached hydrogen (secondary N) is 1. The van der Waals surface area contributed by atoms with Crippen molar-refractivity contribution in [2.24, 2.45) is 0 Å². The second kappa shape index (κ2) is 6.42. The lowest BCUT2D eigenvalue weighted by Gasteiger charge is -2.10. The zero-order chi connectivity index (χ0) is 15.6. The van der Waals surface area contributed by atoms with Crippen molar-refractivity contribution in [3.05, 3.63) is 57.0 Å². The molecule has 0 radical (unpaired) electrons. The zero-order valence-electron chi connectivity index (χ0n) is 10.6. The van der Waals surface area contributed by atoms with Crippen LogP contribution >= 0.6 is 34.8 Å². The summed E-state index contributed by atoms with van der Waals surface area (Å²) < 4.78 is 26.9. The van der Waals surface area contributed by atoms with Gasteiger partial charge in [-0.2, -0.15) is 0 Å². The molecule has 0 atom stereocenters. The van der Waals surface area contributed by atoms with Crippen molar-refractivity contribution in [1.29, 1.82) is 0 Å². The molecule has 0 saturated carbocycles. The van der Waals surface area contributed by atoms with Gasteiger partial charge in [-0.05, 0) is 29.8 Å². The van der Waals surface area contributed by atoms with Crippen molar-refractivity contribution in [2.75, 3.05) is 5.73 Å². The van der Waals surface area contributed by atoms with Crippen LogP contribution in [-0.4, -0.2) is 8.42 Å². The van der Waals surface area contributed by atoms with E-state index in [4.69, 9.17) is 40.5 Å². The van der Waals surface area contributed by atoms with Gasteiger partial charge in [0.05, 0.1) is 15.7 Å². The summed E-state index contributed by atoms with van der Waals surface area (Å²) in [5.41, 5.74) is 6.39. The van der Waals surface area contributed by atoms with Crippen molar-refractivity contribution in [2.45, 2.75) is 11.4 Å². The van der Waals surface area contributed by atoms with Crippen molar-refractivity contribution in [3.63, 3.8) is 0 Å². The SMILES string of the molecule is Nc1c(Cl)ccc(S(=O)(=O)NCc2cccc(Cl)c2)c1Cl. The van der Waals surface area contributed by atoms with E-state index in [1.54, 1.807) is 24.3 Å². The smallest absolute Gasteiger partial charge is 0.242 e. The minimum Gasteiger partial charge on any atom is -0.396 e. The molecule has 2 aromatic carbocycles. The summed E-state index contributed by atoms with van der Waals surface area (Å²) in [5.74, 6) is 0. The normalized spacial score (nSPS) is 11.6. The molecule has 3 N–H and O–H groups in total. The Kier molecular flexibility index (Phi) is 5.01. The third-order valence-corrected chi connectivity index (χ3v) is 5.26. The molecule has 21 heavy (non-hydrogen) atoms. The van der Waals surface area contributed by atoms with Gasteiger partial charge in [-0.1, -0.05) is 46.9 Å². The Bertz CT molecular complexity index is 779. The summed E-state index contributed by atoms with van der Waals surface area (Å²) in [4.78, 5) is -0.118. The lowest BCUT2D eigenvalue weighted by Crippen LogP contribution is -2.23. The lowest BCUT2D eigenvalue weighted by molar-refractivity contribution is 0.581. The Morgan fingerprint density at radius 3 is 2.48 bits per heavy atom. The fraction of sp³-hybridized carbons (Fsp3) is 0.0769. The number of halogens is 3. The molecule has 0 spiro atoms. The monoisotopic (exact) mass is 364 g/mol. The molecule has 0 heterocycles. The first-order valence-electron chi connectivity index (χ1n) is 5.79. The second-order valence-corrected chi connectivity index (χ2v) is 7.18. The molecule has 0 aliphatic carbocycles. The molecule has 0 fully saturated rings. The third kappa shape index (κ3) is 3.81. The summed E-state index contributed by atoms with van der Waals surface area (Å²) in [6, 6.07) is 9.56. The number of hydrogen-bond acceptors (Lipinski definition) is 3. The highest BCUT2D eigenvalue weighted by molar-refractivity contribution is 7.89. The van der Waals surface area contributed by atoms with Gasteiger partial charge in [-0.25, -0.2) is 13.1 Å². The summed E-state index contributed by atoms with van der Waals surface area (Å²) in [7, 11) is -3.80. The second-order valence-electron chi connectivity index (χ2n) is 4.23. The van der Waals surface area contributed by atoms with Crippen LogP contribution in [-0.2, 0) is 16.6 Å². The molecular formula is C13H11Cl3N2O2S. The zero-order valence-corrected chi connectivity index (χ0v) is 13.7. The van der Waals surface area contributed by atoms with E-state index in [1.807, 2.05) is 0 Å². The van der Waals surface area contributed by atoms with Crippen LogP contribution in [0, 0.1) is 0 Å². The number of rotatable bonds is 4. The van der Waals surface area contributed by atoms with E-state index >= 15 is 0 Å². The predicted molar refractivity (Wildman–Crippen MR) is 86.4 cm³/mol. The van der Waals surface area contributed by atoms with Gasteiger partial charge >= 0.3 is 0 Å².